The molecular weight excluding hydrogens is 573 g/mol. The highest BCUT2D eigenvalue weighted by Gasteiger charge is 2.70. The van der Waals surface area contributed by atoms with Gasteiger partial charge in [-0.25, -0.2) is 8.42 Å². The SMILES string of the molecule is C=C(C)[C@@H]1CC[C@]2(NCCN3CCS(=O)(=O)CC3)CC[C@]3(C)[C@H](CC[C@@H]4[C@@]5(C)CC=C(C=C/C=C/C)C(C)(C)[C@@H]5CC[C@]43C)[C@@H]12. The van der Waals surface area contributed by atoms with E-state index in [2.05, 4.69) is 95.6 Å². The highest BCUT2D eigenvalue weighted by Crippen LogP contribution is 2.76. The van der Waals surface area contributed by atoms with Crippen LogP contribution in [-0.4, -0.2) is 56.5 Å². The van der Waals surface area contributed by atoms with Crippen LogP contribution in [0.25, 0.3) is 0 Å². The van der Waals surface area contributed by atoms with Gasteiger partial charge in [0.2, 0.25) is 0 Å². The third-order valence-electron chi connectivity index (χ3n) is 15.6. The minimum absolute atomic E-state index is 0.198. The molecule has 1 N–H and O–H groups in total. The van der Waals surface area contributed by atoms with E-state index in [0.717, 1.165) is 30.8 Å². The van der Waals surface area contributed by atoms with Crippen LogP contribution in [0, 0.1) is 51.2 Å². The van der Waals surface area contributed by atoms with Crippen LogP contribution >= 0.6 is 0 Å². The Balaban J connectivity index is 1.26. The van der Waals surface area contributed by atoms with Crippen molar-refractivity contribution in [2.45, 2.75) is 112 Å². The predicted octanol–water partition coefficient (Wildman–Crippen LogP) is 8.39. The fourth-order valence-corrected chi connectivity index (χ4v) is 14.3. The molecule has 0 radical (unpaired) electrons. The number of allylic oxidation sites excluding steroid dienone is 7. The van der Waals surface area contributed by atoms with E-state index < -0.39 is 9.84 Å². The van der Waals surface area contributed by atoms with E-state index in [4.69, 9.17) is 0 Å². The normalized spacial score (nSPS) is 45.8. The Morgan fingerprint density at radius 3 is 2.38 bits per heavy atom. The zero-order chi connectivity index (χ0) is 32.5. The van der Waals surface area contributed by atoms with E-state index in [1.807, 2.05) is 0 Å². The maximum absolute atomic E-state index is 12.0. The maximum Gasteiger partial charge on any atom is 0.152 e. The Morgan fingerprint density at radius 1 is 0.956 bits per heavy atom. The van der Waals surface area contributed by atoms with Crippen molar-refractivity contribution in [1.29, 1.82) is 0 Å². The molecule has 1 saturated heterocycles. The second kappa shape index (κ2) is 11.8. The first-order valence-corrected chi connectivity index (χ1v) is 20.3. The standard InChI is InChI=1S/C40H64N2O2S/c1-9-10-11-12-30-15-18-37(6)33(36(30,4)5)17-19-39(8)34(37)14-13-32-35-31(29(2)3)16-20-40(35,22-21-38(32,39)7)41-23-24-42-25-27-45(43,44)28-26-42/h9-12,15,31-35,41H,2,13-14,16-28H2,1,3-8H3/b10-9+,12-11?/t31-,32+,33-,34+,35+,37-,38+,39+,40-/m0/s1. The van der Waals surface area contributed by atoms with Gasteiger partial charge in [-0.3, -0.25) is 0 Å². The van der Waals surface area contributed by atoms with Crippen molar-refractivity contribution >= 4 is 9.84 Å². The molecule has 6 aliphatic rings. The Labute approximate surface area is 276 Å². The number of nitrogens with one attached hydrogen (secondary N) is 1. The highest BCUT2D eigenvalue weighted by atomic mass is 32.2. The van der Waals surface area contributed by atoms with Gasteiger partial charge < -0.3 is 10.2 Å². The summed E-state index contributed by atoms with van der Waals surface area (Å²) in [6, 6.07) is 0. The lowest BCUT2D eigenvalue weighted by molar-refractivity contribution is -0.221. The molecule has 5 fully saturated rings. The van der Waals surface area contributed by atoms with Crippen LogP contribution in [0.2, 0.25) is 0 Å². The molecule has 0 aromatic carbocycles. The summed E-state index contributed by atoms with van der Waals surface area (Å²) in [4.78, 5) is 2.37. The topological polar surface area (TPSA) is 49.4 Å². The molecular formula is C40H64N2O2S. The van der Waals surface area contributed by atoms with Gasteiger partial charge in [-0.05, 0) is 128 Å². The summed E-state index contributed by atoms with van der Waals surface area (Å²) in [7, 11) is -2.84. The zero-order valence-electron chi connectivity index (χ0n) is 29.8. The van der Waals surface area contributed by atoms with Gasteiger partial charge in [-0.2, -0.15) is 0 Å². The average molecular weight is 637 g/mol. The molecule has 0 spiro atoms. The molecule has 4 saturated carbocycles. The van der Waals surface area contributed by atoms with Gasteiger partial charge in [0.1, 0.15) is 0 Å². The van der Waals surface area contributed by atoms with Crippen LogP contribution in [0.4, 0.5) is 0 Å². The molecule has 1 heterocycles. The molecule has 5 heteroatoms. The van der Waals surface area contributed by atoms with Gasteiger partial charge in [0.05, 0.1) is 11.5 Å². The molecule has 0 aromatic rings. The molecule has 0 bridgehead atoms. The van der Waals surface area contributed by atoms with E-state index in [1.165, 1.54) is 63.4 Å². The van der Waals surface area contributed by atoms with E-state index in [-0.39, 0.29) is 11.0 Å². The monoisotopic (exact) mass is 636 g/mol. The Morgan fingerprint density at radius 2 is 1.69 bits per heavy atom. The first-order valence-electron chi connectivity index (χ1n) is 18.5. The van der Waals surface area contributed by atoms with Crippen molar-refractivity contribution in [3.8, 4) is 0 Å². The van der Waals surface area contributed by atoms with Crippen molar-refractivity contribution in [2.24, 2.45) is 51.2 Å². The summed E-state index contributed by atoms with van der Waals surface area (Å²) < 4.78 is 24.0. The molecule has 9 atom stereocenters. The molecule has 5 aliphatic carbocycles. The average Bonchev–Trinajstić information content (AvgIpc) is 3.36. The Kier molecular flexibility index (Phi) is 8.81. The number of hydrogen-bond acceptors (Lipinski definition) is 4. The molecule has 0 amide bonds. The fourth-order valence-electron chi connectivity index (χ4n) is 13.1. The molecule has 1 aliphatic heterocycles. The van der Waals surface area contributed by atoms with Gasteiger partial charge in [0, 0.05) is 31.7 Å². The molecule has 0 aromatic heterocycles. The lowest BCUT2D eigenvalue weighted by Crippen LogP contribution is -2.68. The van der Waals surface area contributed by atoms with Crippen molar-refractivity contribution in [3.05, 3.63) is 48.1 Å². The van der Waals surface area contributed by atoms with E-state index >= 15 is 0 Å². The lowest BCUT2D eigenvalue weighted by Gasteiger charge is -2.72. The summed E-state index contributed by atoms with van der Waals surface area (Å²) in [6.07, 6.45) is 23.4. The summed E-state index contributed by atoms with van der Waals surface area (Å²) in [5, 5.41) is 4.22. The van der Waals surface area contributed by atoms with Crippen molar-refractivity contribution in [2.75, 3.05) is 37.7 Å². The van der Waals surface area contributed by atoms with Crippen LogP contribution in [0.1, 0.15) is 106 Å². The Bertz CT molecular complexity index is 1350. The highest BCUT2D eigenvalue weighted by molar-refractivity contribution is 7.91. The second-order valence-corrected chi connectivity index (χ2v) is 20.0. The van der Waals surface area contributed by atoms with E-state index in [9.17, 15) is 8.42 Å². The fraction of sp³-hybridized carbons (Fsp3) is 0.800. The number of hydrogen-bond donors (Lipinski definition) is 1. The molecule has 45 heavy (non-hydrogen) atoms. The van der Waals surface area contributed by atoms with Gasteiger partial charge in [0.15, 0.2) is 9.84 Å². The summed E-state index contributed by atoms with van der Waals surface area (Å²) in [5.41, 5.74) is 4.39. The molecule has 4 nitrogen and oxygen atoms in total. The summed E-state index contributed by atoms with van der Waals surface area (Å²) in [5.74, 6) is 4.13. The maximum atomic E-state index is 12.0. The third-order valence-corrected chi connectivity index (χ3v) is 17.2. The first-order chi connectivity index (χ1) is 21.1. The third kappa shape index (κ3) is 5.32. The van der Waals surface area contributed by atoms with Crippen molar-refractivity contribution in [1.82, 2.24) is 10.2 Å². The van der Waals surface area contributed by atoms with E-state index in [1.54, 1.807) is 5.57 Å². The van der Waals surface area contributed by atoms with Crippen molar-refractivity contribution < 1.29 is 8.42 Å². The van der Waals surface area contributed by atoms with Gasteiger partial charge in [0.25, 0.3) is 0 Å². The first kappa shape index (κ1) is 33.7. The zero-order valence-corrected chi connectivity index (χ0v) is 30.6. The van der Waals surface area contributed by atoms with Crippen LogP contribution in [0.5, 0.6) is 0 Å². The summed E-state index contributed by atoms with van der Waals surface area (Å²) in [6.45, 7) is 25.6. The molecule has 6 rings (SSSR count). The van der Waals surface area contributed by atoms with Crippen LogP contribution in [0.3, 0.4) is 0 Å². The number of sulfone groups is 1. The van der Waals surface area contributed by atoms with Crippen LogP contribution in [0.15, 0.2) is 48.1 Å². The van der Waals surface area contributed by atoms with Gasteiger partial charge in [-0.15, -0.1) is 0 Å². The minimum atomic E-state index is -2.84. The largest absolute Gasteiger partial charge is 0.310 e. The lowest BCUT2D eigenvalue weighted by atomic mass is 9.33. The molecule has 0 unspecified atom stereocenters. The molecule has 252 valence electrons. The summed E-state index contributed by atoms with van der Waals surface area (Å²) >= 11 is 0. The second-order valence-electron chi connectivity index (χ2n) is 17.7. The Hall–Kier alpha value is -1.17. The number of nitrogens with zero attached hydrogens (tertiary/aromatic N) is 1. The number of fused-ring (bicyclic) bond motifs is 7. The van der Waals surface area contributed by atoms with E-state index in [0.29, 0.717) is 52.7 Å². The minimum Gasteiger partial charge on any atom is -0.310 e. The van der Waals surface area contributed by atoms with Crippen LogP contribution in [-0.2, 0) is 9.84 Å². The quantitative estimate of drug-likeness (QED) is 0.225. The van der Waals surface area contributed by atoms with Crippen LogP contribution < -0.4 is 5.32 Å². The van der Waals surface area contributed by atoms with Gasteiger partial charge in [-0.1, -0.05) is 77.2 Å². The van der Waals surface area contributed by atoms with Crippen molar-refractivity contribution in [3.63, 3.8) is 0 Å². The van der Waals surface area contributed by atoms with Gasteiger partial charge >= 0.3 is 0 Å². The smallest absolute Gasteiger partial charge is 0.152 e. The number of rotatable bonds is 7. The predicted molar refractivity (Wildman–Crippen MR) is 190 cm³/mol.